The van der Waals surface area contributed by atoms with Crippen LogP contribution in [0.2, 0.25) is 0 Å². The van der Waals surface area contributed by atoms with E-state index >= 15 is 0 Å². The zero-order chi connectivity index (χ0) is 16.9. The fraction of sp³-hybridized carbons (Fsp3) is 0.556. The first kappa shape index (κ1) is 17.3. The molecule has 2 aliphatic rings. The van der Waals surface area contributed by atoms with Crippen LogP contribution in [0.1, 0.15) is 32.6 Å². The maximum absolute atomic E-state index is 12.6. The molecule has 1 aromatic carbocycles. The van der Waals surface area contributed by atoms with Crippen LogP contribution in [-0.4, -0.2) is 47.8 Å². The summed E-state index contributed by atoms with van der Waals surface area (Å²) in [7, 11) is 0. The summed E-state index contributed by atoms with van der Waals surface area (Å²) < 4.78 is 5.79. The summed E-state index contributed by atoms with van der Waals surface area (Å²) in [4.78, 5) is 27.8. The molecule has 0 unspecified atom stereocenters. The van der Waals surface area contributed by atoms with Gasteiger partial charge >= 0.3 is 0 Å². The normalized spacial score (nSPS) is 23.5. The van der Waals surface area contributed by atoms with E-state index in [2.05, 4.69) is 12.2 Å². The molecule has 0 aromatic heterocycles. The lowest BCUT2D eigenvalue weighted by atomic mass is 10.1. The third-order valence-electron chi connectivity index (χ3n) is 4.36. The first-order valence-electron chi connectivity index (χ1n) is 8.63. The van der Waals surface area contributed by atoms with E-state index in [0.29, 0.717) is 6.54 Å². The zero-order valence-corrected chi connectivity index (χ0v) is 14.8. The standard InChI is InChI=1S/C18H24N2O3S/c1-2-10-23-13-6-5-9-20(12-13)17(21)11-16-18(22)19-14-7-3-4-8-15(14)24-16/h3-4,7-8,13,16H,2,5-6,9-12H2,1H3,(H,19,22)/t13-,16-/m0/s1. The highest BCUT2D eigenvalue weighted by molar-refractivity contribution is 8.01. The number of fused-ring (bicyclic) bond motifs is 1. The topological polar surface area (TPSA) is 58.6 Å². The molecule has 0 radical (unpaired) electrons. The molecule has 2 atom stereocenters. The minimum atomic E-state index is -0.357. The summed E-state index contributed by atoms with van der Waals surface area (Å²) in [6.45, 7) is 4.24. The Hall–Kier alpha value is -1.53. The van der Waals surface area contributed by atoms with Gasteiger partial charge in [-0.05, 0) is 31.4 Å². The minimum absolute atomic E-state index is 0.0480. The van der Waals surface area contributed by atoms with Crippen LogP contribution in [0, 0.1) is 0 Å². The van der Waals surface area contributed by atoms with Crippen molar-refractivity contribution < 1.29 is 14.3 Å². The van der Waals surface area contributed by atoms with Crippen molar-refractivity contribution in [1.82, 2.24) is 4.90 Å². The van der Waals surface area contributed by atoms with Gasteiger partial charge in [0.1, 0.15) is 0 Å². The van der Waals surface area contributed by atoms with Crippen LogP contribution in [0.3, 0.4) is 0 Å². The first-order chi connectivity index (χ1) is 11.7. The predicted octanol–water partition coefficient (Wildman–Crippen LogP) is 2.91. The number of anilines is 1. The van der Waals surface area contributed by atoms with Gasteiger partial charge in [-0.2, -0.15) is 0 Å². The lowest BCUT2D eigenvalue weighted by Crippen LogP contribution is -2.45. The van der Waals surface area contributed by atoms with Crippen LogP contribution in [0.15, 0.2) is 29.2 Å². The summed E-state index contributed by atoms with van der Waals surface area (Å²) in [5.74, 6) is -0.0327. The van der Waals surface area contributed by atoms with Crippen LogP contribution in [0.5, 0.6) is 0 Å². The Balaban J connectivity index is 1.57. The van der Waals surface area contributed by atoms with Crippen molar-refractivity contribution >= 4 is 29.3 Å². The number of benzene rings is 1. The van der Waals surface area contributed by atoms with Crippen molar-refractivity contribution in [2.24, 2.45) is 0 Å². The number of carbonyl (C=O) groups excluding carboxylic acids is 2. The number of hydrogen-bond donors (Lipinski definition) is 1. The fourth-order valence-corrected chi connectivity index (χ4v) is 4.20. The molecule has 0 saturated carbocycles. The number of nitrogens with zero attached hydrogens (tertiary/aromatic N) is 1. The third kappa shape index (κ3) is 4.11. The number of para-hydroxylation sites is 1. The molecule has 2 aliphatic heterocycles. The summed E-state index contributed by atoms with van der Waals surface area (Å²) >= 11 is 1.48. The SMILES string of the molecule is CCCO[C@H]1CCCN(C(=O)C[C@@H]2Sc3ccccc3NC2=O)C1. The number of hydrogen-bond acceptors (Lipinski definition) is 4. The highest BCUT2D eigenvalue weighted by Gasteiger charge is 2.32. The number of ether oxygens (including phenoxy) is 1. The van der Waals surface area contributed by atoms with Gasteiger partial charge in [0.25, 0.3) is 0 Å². The first-order valence-corrected chi connectivity index (χ1v) is 9.51. The van der Waals surface area contributed by atoms with Gasteiger partial charge in [0, 0.05) is 31.0 Å². The average Bonchev–Trinajstić information content (AvgIpc) is 2.60. The quantitative estimate of drug-likeness (QED) is 0.889. The molecule has 0 spiro atoms. The molecule has 5 nitrogen and oxygen atoms in total. The molecular formula is C18H24N2O3S. The summed E-state index contributed by atoms with van der Waals surface area (Å²) in [5, 5.41) is 2.54. The maximum atomic E-state index is 12.6. The van der Waals surface area contributed by atoms with E-state index in [4.69, 9.17) is 4.74 Å². The molecule has 1 fully saturated rings. The van der Waals surface area contributed by atoms with E-state index in [1.807, 2.05) is 29.2 Å². The van der Waals surface area contributed by atoms with Crippen molar-refractivity contribution in [1.29, 1.82) is 0 Å². The van der Waals surface area contributed by atoms with E-state index in [1.54, 1.807) is 0 Å². The van der Waals surface area contributed by atoms with Crippen LogP contribution in [0.25, 0.3) is 0 Å². The summed E-state index contributed by atoms with van der Waals surface area (Å²) in [6, 6.07) is 7.71. The van der Waals surface area contributed by atoms with Crippen LogP contribution >= 0.6 is 11.8 Å². The zero-order valence-electron chi connectivity index (χ0n) is 14.0. The van der Waals surface area contributed by atoms with E-state index in [1.165, 1.54) is 11.8 Å². The molecule has 2 amide bonds. The van der Waals surface area contributed by atoms with E-state index in [-0.39, 0.29) is 29.6 Å². The second-order valence-electron chi connectivity index (χ2n) is 6.27. The Bertz CT molecular complexity index is 608. The number of rotatable bonds is 5. The van der Waals surface area contributed by atoms with Gasteiger partial charge in [0.2, 0.25) is 11.8 Å². The monoisotopic (exact) mass is 348 g/mol. The molecule has 2 heterocycles. The molecule has 1 aromatic rings. The van der Waals surface area contributed by atoms with Gasteiger partial charge in [-0.1, -0.05) is 19.1 Å². The highest BCUT2D eigenvalue weighted by Crippen LogP contribution is 2.36. The Labute approximate surface area is 147 Å². The van der Waals surface area contributed by atoms with Gasteiger partial charge in [0.05, 0.1) is 17.0 Å². The Kier molecular flexibility index (Phi) is 5.79. The number of carbonyl (C=O) groups is 2. The molecule has 3 rings (SSSR count). The molecule has 6 heteroatoms. The van der Waals surface area contributed by atoms with Gasteiger partial charge in [-0.3, -0.25) is 9.59 Å². The minimum Gasteiger partial charge on any atom is -0.376 e. The Morgan fingerprint density at radius 3 is 3.08 bits per heavy atom. The lowest BCUT2D eigenvalue weighted by molar-refractivity contribution is -0.136. The molecule has 1 saturated heterocycles. The van der Waals surface area contributed by atoms with E-state index in [0.717, 1.165) is 43.0 Å². The van der Waals surface area contributed by atoms with Gasteiger partial charge in [-0.15, -0.1) is 11.8 Å². The van der Waals surface area contributed by atoms with Crippen molar-refractivity contribution in [2.45, 2.75) is 48.9 Å². The van der Waals surface area contributed by atoms with Crippen molar-refractivity contribution in [3.8, 4) is 0 Å². The third-order valence-corrected chi connectivity index (χ3v) is 5.63. The highest BCUT2D eigenvalue weighted by atomic mass is 32.2. The molecular weight excluding hydrogens is 324 g/mol. The van der Waals surface area contributed by atoms with Crippen LogP contribution in [0.4, 0.5) is 5.69 Å². The fourth-order valence-electron chi connectivity index (χ4n) is 3.10. The molecule has 1 N–H and O–H groups in total. The second-order valence-corrected chi connectivity index (χ2v) is 7.52. The van der Waals surface area contributed by atoms with Crippen LogP contribution < -0.4 is 5.32 Å². The smallest absolute Gasteiger partial charge is 0.238 e. The largest absolute Gasteiger partial charge is 0.376 e. The number of thioether (sulfide) groups is 1. The number of likely N-dealkylation sites (tertiary alicyclic amines) is 1. The molecule has 130 valence electrons. The predicted molar refractivity (Wildman–Crippen MR) is 95.2 cm³/mol. The van der Waals surface area contributed by atoms with E-state index in [9.17, 15) is 9.59 Å². The molecule has 24 heavy (non-hydrogen) atoms. The van der Waals surface area contributed by atoms with Crippen molar-refractivity contribution in [2.75, 3.05) is 25.0 Å². The number of nitrogens with one attached hydrogen (secondary N) is 1. The van der Waals surface area contributed by atoms with Gasteiger partial charge in [-0.25, -0.2) is 0 Å². The van der Waals surface area contributed by atoms with Crippen molar-refractivity contribution in [3.05, 3.63) is 24.3 Å². The summed E-state index contributed by atoms with van der Waals surface area (Å²) in [6.07, 6.45) is 3.34. The maximum Gasteiger partial charge on any atom is 0.238 e. The summed E-state index contributed by atoms with van der Waals surface area (Å²) in [5.41, 5.74) is 0.835. The second kappa shape index (κ2) is 8.03. The van der Waals surface area contributed by atoms with Gasteiger partial charge in [0.15, 0.2) is 0 Å². The van der Waals surface area contributed by atoms with Crippen LogP contribution in [-0.2, 0) is 14.3 Å². The Morgan fingerprint density at radius 2 is 2.25 bits per heavy atom. The number of amides is 2. The molecule has 0 bridgehead atoms. The Morgan fingerprint density at radius 1 is 1.42 bits per heavy atom. The lowest BCUT2D eigenvalue weighted by Gasteiger charge is -2.34. The molecule has 0 aliphatic carbocycles. The average molecular weight is 348 g/mol. The van der Waals surface area contributed by atoms with E-state index < -0.39 is 0 Å². The number of piperidine rings is 1. The van der Waals surface area contributed by atoms with Gasteiger partial charge < -0.3 is 15.0 Å². The van der Waals surface area contributed by atoms with Crippen molar-refractivity contribution in [3.63, 3.8) is 0 Å².